The quantitative estimate of drug-likeness (QED) is 0.863. The Morgan fingerprint density at radius 3 is 2.42 bits per heavy atom. The van der Waals surface area contributed by atoms with Crippen molar-refractivity contribution in [3.05, 3.63) is 47.0 Å². The van der Waals surface area contributed by atoms with Gasteiger partial charge in [0.1, 0.15) is 6.04 Å². The number of pyridine rings is 1. The van der Waals surface area contributed by atoms with Crippen molar-refractivity contribution in [2.75, 3.05) is 13.1 Å². The third-order valence-corrected chi connectivity index (χ3v) is 4.73. The lowest BCUT2D eigenvalue weighted by atomic mass is 9.96. The second-order valence-electron chi connectivity index (χ2n) is 6.42. The van der Waals surface area contributed by atoms with Crippen molar-refractivity contribution < 1.29 is 9.59 Å². The lowest BCUT2D eigenvalue weighted by Crippen LogP contribution is -2.45. The Balaban J connectivity index is 1.79. The van der Waals surface area contributed by atoms with Crippen LogP contribution in [0.25, 0.3) is 11.3 Å². The van der Waals surface area contributed by atoms with Gasteiger partial charge in [0.15, 0.2) is 0 Å². The molecule has 0 spiro atoms. The molecule has 8 nitrogen and oxygen atoms in total. The molecule has 1 fully saturated rings. The Morgan fingerprint density at radius 2 is 1.81 bits per heavy atom. The second kappa shape index (κ2) is 7.47. The Bertz CT molecular complexity index is 857. The Labute approximate surface area is 150 Å². The summed E-state index contributed by atoms with van der Waals surface area (Å²) in [6, 6.07) is 5.89. The van der Waals surface area contributed by atoms with E-state index in [1.165, 1.54) is 10.7 Å². The first-order valence-electron chi connectivity index (χ1n) is 8.55. The smallest absolute Gasteiger partial charge is 0.267 e. The number of likely N-dealkylation sites (tertiary alicyclic amines) is 1. The summed E-state index contributed by atoms with van der Waals surface area (Å²) < 4.78 is 1.21. The summed E-state index contributed by atoms with van der Waals surface area (Å²) in [7, 11) is 0. The summed E-state index contributed by atoms with van der Waals surface area (Å²) >= 11 is 0. The van der Waals surface area contributed by atoms with Gasteiger partial charge in [-0.3, -0.25) is 19.4 Å². The molecule has 26 heavy (non-hydrogen) atoms. The van der Waals surface area contributed by atoms with Crippen LogP contribution in [-0.2, 0) is 9.59 Å². The van der Waals surface area contributed by atoms with E-state index in [0.717, 1.165) is 5.56 Å². The number of rotatable bonds is 4. The molecule has 8 heteroatoms. The van der Waals surface area contributed by atoms with E-state index in [4.69, 9.17) is 5.73 Å². The van der Waals surface area contributed by atoms with Crippen LogP contribution < -0.4 is 11.3 Å². The fourth-order valence-electron chi connectivity index (χ4n) is 3.13. The van der Waals surface area contributed by atoms with E-state index in [1.807, 2.05) is 0 Å². The first-order valence-corrected chi connectivity index (χ1v) is 8.55. The molecular formula is C18H21N5O3. The molecule has 1 saturated heterocycles. The summed E-state index contributed by atoms with van der Waals surface area (Å²) in [5, 5.41) is 4.36. The molecule has 1 atom stereocenters. The number of amides is 2. The van der Waals surface area contributed by atoms with Gasteiger partial charge in [-0.05, 0) is 38.0 Å². The first-order chi connectivity index (χ1) is 12.5. The van der Waals surface area contributed by atoms with Crippen LogP contribution in [0.15, 0.2) is 41.5 Å². The van der Waals surface area contributed by atoms with Crippen molar-refractivity contribution in [1.29, 1.82) is 0 Å². The van der Waals surface area contributed by atoms with Gasteiger partial charge in [0, 0.05) is 43.0 Å². The zero-order valence-corrected chi connectivity index (χ0v) is 14.5. The lowest BCUT2D eigenvalue weighted by Gasteiger charge is -2.32. The minimum Gasteiger partial charge on any atom is -0.369 e. The molecule has 1 unspecified atom stereocenters. The van der Waals surface area contributed by atoms with Gasteiger partial charge in [0.25, 0.3) is 5.56 Å². The van der Waals surface area contributed by atoms with E-state index >= 15 is 0 Å². The molecule has 2 aromatic heterocycles. The maximum absolute atomic E-state index is 12.8. The van der Waals surface area contributed by atoms with Crippen LogP contribution in [0.3, 0.4) is 0 Å². The summed E-state index contributed by atoms with van der Waals surface area (Å²) in [5.41, 5.74) is 6.40. The number of aromatic nitrogens is 3. The minimum absolute atomic E-state index is 0.186. The third kappa shape index (κ3) is 3.63. The zero-order chi connectivity index (χ0) is 18.7. The van der Waals surface area contributed by atoms with Gasteiger partial charge >= 0.3 is 0 Å². The van der Waals surface area contributed by atoms with Crippen LogP contribution in [-0.4, -0.2) is 44.6 Å². The van der Waals surface area contributed by atoms with Gasteiger partial charge in [-0.1, -0.05) is 0 Å². The van der Waals surface area contributed by atoms with E-state index in [1.54, 1.807) is 42.4 Å². The normalized spacial score (nSPS) is 16.3. The van der Waals surface area contributed by atoms with Crippen LogP contribution in [0.2, 0.25) is 0 Å². The topological polar surface area (TPSA) is 111 Å². The number of hydrogen-bond acceptors (Lipinski definition) is 5. The fraction of sp³-hybridized carbons (Fsp3) is 0.389. The molecule has 0 radical (unpaired) electrons. The first kappa shape index (κ1) is 17.8. The Kier molecular flexibility index (Phi) is 5.11. The van der Waals surface area contributed by atoms with Crippen molar-refractivity contribution in [3.8, 4) is 11.3 Å². The standard InChI is InChI=1S/C18H21N5O3/c1-12(18(26)22-10-6-14(7-11-22)17(19)25)23-16(24)3-2-15(21-23)13-4-8-20-9-5-13/h2-5,8-9,12,14H,6-7,10-11H2,1H3,(H2,19,25). The van der Waals surface area contributed by atoms with Crippen LogP contribution in [0.4, 0.5) is 0 Å². The second-order valence-corrected chi connectivity index (χ2v) is 6.42. The average molecular weight is 355 g/mol. The fourth-order valence-corrected chi connectivity index (χ4v) is 3.13. The molecule has 1 aliphatic heterocycles. The van der Waals surface area contributed by atoms with Crippen molar-refractivity contribution >= 4 is 11.8 Å². The molecule has 2 N–H and O–H groups in total. The van der Waals surface area contributed by atoms with Crippen LogP contribution in [0.1, 0.15) is 25.8 Å². The van der Waals surface area contributed by atoms with Crippen LogP contribution >= 0.6 is 0 Å². The zero-order valence-electron chi connectivity index (χ0n) is 14.5. The Morgan fingerprint density at radius 1 is 1.15 bits per heavy atom. The maximum atomic E-state index is 12.8. The van der Waals surface area contributed by atoms with Gasteiger partial charge < -0.3 is 10.6 Å². The highest BCUT2D eigenvalue weighted by atomic mass is 16.2. The lowest BCUT2D eigenvalue weighted by molar-refractivity contribution is -0.137. The molecule has 0 saturated carbocycles. The van der Waals surface area contributed by atoms with E-state index in [-0.39, 0.29) is 23.3 Å². The molecule has 0 aliphatic carbocycles. The third-order valence-electron chi connectivity index (χ3n) is 4.73. The average Bonchev–Trinajstić information content (AvgIpc) is 2.68. The van der Waals surface area contributed by atoms with Crippen molar-refractivity contribution in [1.82, 2.24) is 19.7 Å². The molecule has 1 aliphatic rings. The molecule has 3 heterocycles. The number of carbonyl (C=O) groups is 2. The van der Waals surface area contributed by atoms with Crippen molar-refractivity contribution in [3.63, 3.8) is 0 Å². The van der Waals surface area contributed by atoms with E-state index in [0.29, 0.717) is 31.6 Å². The number of nitrogens with two attached hydrogens (primary N) is 1. The largest absolute Gasteiger partial charge is 0.369 e. The van der Waals surface area contributed by atoms with E-state index in [9.17, 15) is 14.4 Å². The van der Waals surface area contributed by atoms with Gasteiger partial charge in [-0.25, -0.2) is 4.68 Å². The summed E-state index contributed by atoms with van der Waals surface area (Å²) in [4.78, 5) is 41.9. The number of carbonyl (C=O) groups excluding carboxylic acids is 2. The molecular weight excluding hydrogens is 334 g/mol. The van der Waals surface area contributed by atoms with Gasteiger partial charge in [-0.15, -0.1) is 0 Å². The predicted molar refractivity (Wildman–Crippen MR) is 94.9 cm³/mol. The van der Waals surface area contributed by atoms with Gasteiger partial charge in [-0.2, -0.15) is 5.10 Å². The molecule has 0 aromatic carbocycles. The molecule has 2 aromatic rings. The number of piperidine rings is 1. The molecule has 3 rings (SSSR count). The van der Waals surface area contributed by atoms with Crippen LogP contribution in [0, 0.1) is 5.92 Å². The molecule has 0 bridgehead atoms. The molecule has 2 amide bonds. The number of primary amides is 1. The van der Waals surface area contributed by atoms with Gasteiger partial charge in [0.05, 0.1) is 5.69 Å². The van der Waals surface area contributed by atoms with Crippen molar-refractivity contribution in [2.24, 2.45) is 11.7 Å². The van der Waals surface area contributed by atoms with Crippen LogP contribution in [0.5, 0.6) is 0 Å². The van der Waals surface area contributed by atoms with E-state index in [2.05, 4.69) is 10.1 Å². The highest BCUT2D eigenvalue weighted by Gasteiger charge is 2.29. The van der Waals surface area contributed by atoms with E-state index < -0.39 is 6.04 Å². The highest BCUT2D eigenvalue weighted by Crippen LogP contribution is 2.20. The number of nitrogens with zero attached hydrogens (tertiary/aromatic N) is 4. The van der Waals surface area contributed by atoms with Gasteiger partial charge in [0.2, 0.25) is 11.8 Å². The highest BCUT2D eigenvalue weighted by molar-refractivity contribution is 5.81. The number of hydrogen-bond donors (Lipinski definition) is 1. The minimum atomic E-state index is -0.727. The predicted octanol–water partition coefficient (Wildman–Crippen LogP) is 0.590. The molecule has 136 valence electrons. The monoisotopic (exact) mass is 355 g/mol. The summed E-state index contributed by atoms with van der Waals surface area (Å²) in [6.07, 6.45) is 4.38. The maximum Gasteiger partial charge on any atom is 0.267 e. The van der Waals surface area contributed by atoms with Crippen molar-refractivity contribution in [2.45, 2.75) is 25.8 Å². The Hall–Kier alpha value is -3.03. The summed E-state index contributed by atoms with van der Waals surface area (Å²) in [5.74, 6) is -0.701. The SMILES string of the molecule is CC(C(=O)N1CCC(C(N)=O)CC1)n1nc(-c2ccncc2)ccc1=O. The summed E-state index contributed by atoms with van der Waals surface area (Å²) in [6.45, 7) is 2.57.